The van der Waals surface area contributed by atoms with E-state index in [4.69, 9.17) is 22.4 Å². The number of nitrogens with one attached hydrogen (secondary N) is 1. The van der Waals surface area contributed by atoms with Gasteiger partial charge < -0.3 is 16.2 Å². The van der Waals surface area contributed by atoms with Gasteiger partial charge in [0.2, 0.25) is 5.28 Å². The van der Waals surface area contributed by atoms with E-state index in [1.807, 2.05) is 18.4 Å². The van der Waals surface area contributed by atoms with Gasteiger partial charge in [-0.05, 0) is 42.0 Å². The SMILES string of the molecule is Cc1c(C[C@@H](N)CO)sc2c(NCc3cccs3)nc(Cl)nc12. The molecule has 0 saturated heterocycles. The molecule has 0 bridgehead atoms. The van der Waals surface area contributed by atoms with Crippen molar-refractivity contribution in [1.82, 2.24) is 9.97 Å². The monoisotopic (exact) mass is 368 g/mol. The van der Waals surface area contributed by atoms with Gasteiger partial charge in [-0.25, -0.2) is 4.98 Å². The highest BCUT2D eigenvalue weighted by Gasteiger charge is 2.17. The molecule has 0 aliphatic heterocycles. The van der Waals surface area contributed by atoms with Gasteiger partial charge in [0.1, 0.15) is 5.82 Å². The van der Waals surface area contributed by atoms with Crippen molar-refractivity contribution in [2.75, 3.05) is 11.9 Å². The molecule has 5 nitrogen and oxygen atoms in total. The van der Waals surface area contributed by atoms with Crippen molar-refractivity contribution in [2.24, 2.45) is 5.73 Å². The maximum absolute atomic E-state index is 9.17. The summed E-state index contributed by atoms with van der Waals surface area (Å²) in [7, 11) is 0. The van der Waals surface area contributed by atoms with Crippen molar-refractivity contribution >= 4 is 50.3 Å². The third kappa shape index (κ3) is 3.64. The van der Waals surface area contributed by atoms with Gasteiger partial charge in [0.25, 0.3) is 0 Å². The standard InChI is InChI=1S/C15H17ClN4OS2/c1-8-11(5-9(17)7-21)23-13-12(8)19-15(16)20-14(13)18-6-10-3-2-4-22-10/h2-4,9,21H,5-7,17H2,1H3,(H,18,19,20)/t9-/m1/s1. The van der Waals surface area contributed by atoms with Crippen LogP contribution in [0, 0.1) is 6.92 Å². The Bertz CT molecular complexity index is 804. The van der Waals surface area contributed by atoms with E-state index >= 15 is 0 Å². The average Bonchev–Trinajstić information content (AvgIpc) is 3.15. The maximum atomic E-state index is 9.17. The van der Waals surface area contributed by atoms with Crippen LogP contribution < -0.4 is 11.1 Å². The van der Waals surface area contributed by atoms with Gasteiger partial charge in [-0.3, -0.25) is 0 Å². The van der Waals surface area contributed by atoms with Gasteiger partial charge in [-0.1, -0.05) is 6.07 Å². The molecule has 8 heteroatoms. The van der Waals surface area contributed by atoms with Gasteiger partial charge in [-0.2, -0.15) is 4.98 Å². The largest absolute Gasteiger partial charge is 0.395 e. The lowest BCUT2D eigenvalue weighted by atomic mass is 10.1. The topological polar surface area (TPSA) is 84.1 Å². The van der Waals surface area contributed by atoms with Gasteiger partial charge in [-0.15, -0.1) is 22.7 Å². The average molecular weight is 369 g/mol. The molecule has 0 radical (unpaired) electrons. The number of rotatable bonds is 6. The number of anilines is 1. The summed E-state index contributed by atoms with van der Waals surface area (Å²) in [6.07, 6.45) is 0.616. The van der Waals surface area contributed by atoms with Crippen LogP contribution >= 0.6 is 34.3 Å². The molecule has 23 heavy (non-hydrogen) atoms. The zero-order valence-electron chi connectivity index (χ0n) is 12.5. The predicted molar refractivity (Wildman–Crippen MR) is 97.6 cm³/mol. The molecule has 3 aromatic rings. The molecule has 0 aliphatic rings. The minimum absolute atomic E-state index is 0.0381. The van der Waals surface area contributed by atoms with Crippen LogP contribution in [-0.4, -0.2) is 27.7 Å². The molecule has 0 aromatic carbocycles. The smallest absolute Gasteiger partial charge is 0.224 e. The van der Waals surface area contributed by atoms with Crippen molar-refractivity contribution in [3.8, 4) is 0 Å². The highest BCUT2D eigenvalue weighted by Crippen LogP contribution is 2.35. The first-order valence-electron chi connectivity index (χ1n) is 7.16. The third-order valence-electron chi connectivity index (χ3n) is 3.53. The Balaban J connectivity index is 1.95. The summed E-state index contributed by atoms with van der Waals surface area (Å²) in [6.45, 7) is 2.66. The Morgan fingerprint density at radius 1 is 1.43 bits per heavy atom. The first kappa shape index (κ1) is 16.6. The summed E-state index contributed by atoms with van der Waals surface area (Å²) >= 11 is 9.38. The molecule has 3 rings (SSSR count). The molecule has 0 saturated carbocycles. The second kappa shape index (κ2) is 7.11. The Kier molecular flexibility index (Phi) is 5.13. The summed E-state index contributed by atoms with van der Waals surface area (Å²) < 4.78 is 0.976. The number of aliphatic hydroxyl groups excluding tert-OH is 1. The van der Waals surface area contributed by atoms with Crippen LogP contribution in [0.3, 0.4) is 0 Å². The molecule has 4 N–H and O–H groups in total. The van der Waals surface area contributed by atoms with E-state index in [0.717, 1.165) is 26.5 Å². The van der Waals surface area contributed by atoms with Crippen molar-refractivity contribution < 1.29 is 5.11 Å². The van der Waals surface area contributed by atoms with Crippen molar-refractivity contribution in [2.45, 2.75) is 25.9 Å². The lowest BCUT2D eigenvalue weighted by Gasteiger charge is -2.06. The van der Waals surface area contributed by atoms with Crippen molar-refractivity contribution in [1.29, 1.82) is 0 Å². The molecule has 1 atom stereocenters. The van der Waals surface area contributed by atoms with Crippen LogP contribution in [0.15, 0.2) is 17.5 Å². The zero-order valence-corrected chi connectivity index (χ0v) is 14.9. The fourth-order valence-electron chi connectivity index (χ4n) is 2.31. The highest BCUT2D eigenvalue weighted by atomic mass is 35.5. The molecule has 0 aliphatic carbocycles. The molecule has 3 aromatic heterocycles. The van der Waals surface area contributed by atoms with E-state index in [9.17, 15) is 0 Å². The van der Waals surface area contributed by atoms with Gasteiger partial charge in [0.15, 0.2) is 0 Å². The molecule has 0 unspecified atom stereocenters. The zero-order chi connectivity index (χ0) is 16.4. The Labute approximate surface area is 147 Å². The summed E-state index contributed by atoms with van der Waals surface area (Å²) in [6, 6.07) is 3.82. The number of nitrogens with zero attached hydrogens (tertiary/aromatic N) is 2. The van der Waals surface area contributed by atoms with Crippen LogP contribution in [0.2, 0.25) is 5.28 Å². The first-order chi connectivity index (χ1) is 11.1. The molecule has 0 spiro atoms. The molecule has 122 valence electrons. The van der Waals surface area contributed by atoms with Gasteiger partial charge in [0.05, 0.1) is 23.4 Å². The second-order valence-corrected chi connectivity index (χ2v) is 7.72. The summed E-state index contributed by atoms with van der Waals surface area (Å²) in [4.78, 5) is 11.0. The Morgan fingerprint density at radius 3 is 2.96 bits per heavy atom. The number of thiophene rings is 2. The van der Waals surface area contributed by atoms with Gasteiger partial charge in [0, 0.05) is 15.8 Å². The fourth-order valence-corrected chi connectivity index (χ4v) is 4.42. The van der Waals surface area contributed by atoms with Crippen LogP contribution in [0.5, 0.6) is 0 Å². The second-order valence-electron chi connectivity index (χ2n) is 5.25. The van der Waals surface area contributed by atoms with Crippen LogP contribution in [0.4, 0.5) is 5.82 Å². The number of aliphatic hydroxyl groups is 1. The number of fused-ring (bicyclic) bond motifs is 1. The van der Waals surface area contributed by atoms with Crippen molar-refractivity contribution in [3.63, 3.8) is 0 Å². The maximum Gasteiger partial charge on any atom is 0.224 e. The number of aryl methyl sites for hydroxylation is 1. The minimum Gasteiger partial charge on any atom is -0.395 e. The van der Waals surface area contributed by atoms with E-state index in [-0.39, 0.29) is 17.9 Å². The van der Waals surface area contributed by atoms with Gasteiger partial charge >= 0.3 is 0 Å². The van der Waals surface area contributed by atoms with Crippen LogP contribution in [0.1, 0.15) is 15.3 Å². The molecule has 0 amide bonds. The Hall–Kier alpha value is -1.25. The highest BCUT2D eigenvalue weighted by molar-refractivity contribution is 7.19. The number of hydrogen-bond donors (Lipinski definition) is 3. The van der Waals surface area contributed by atoms with Crippen LogP contribution in [-0.2, 0) is 13.0 Å². The van der Waals surface area contributed by atoms with E-state index in [1.165, 1.54) is 4.88 Å². The third-order valence-corrected chi connectivity index (χ3v) is 5.88. The summed E-state index contributed by atoms with van der Waals surface area (Å²) in [5.74, 6) is 0.741. The fraction of sp³-hybridized carbons (Fsp3) is 0.333. The number of nitrogens with two attached hydrogens (primary N) is 1. The number of aromatic nitrogens is 2. The minimum atomic E-state index is -0.271. The first-order valence-corrected chi connectivity index (χ1v) is 9.24. The lowest BCUT2D eigenvalue weighted by molar-refractivity contribution is 0.265. The van der Waals surface area contributed by atoms with E-state index in [2.05, 4.69) is 21.4 Å². The Morgan fingerprint density at radius 2 is 2.26 bits per heavy atom. The molecule has 0 fully saturated rings. The predicted octanol–water partition coefficient (Wildman–Crippen LogP) is 3.19. The summed E-state index contributed by atoms with van der Waals surface area (Å²) in [5, 5.41) is 14.8. The quantitative estimate of drug-likeness (QED) is 0.582. The number of hydrogen-bond acceptors (Lipinski definition) is 7. The molecule has 3 heterocycles. The van der Waals surface area contributed by atoms with E-state index in [1.54, 1.807) is 22.7 Å². The normalized spacial score (nSPS) is 12.7. The lowest BCUT2D eigenvalue weighted by Crippen LogP contribution is -2.26. The van der Waals surface area contributed by atoms with E-state index < -0.39 is 0 Å². The van der Waals surface area contributed by atoms with E-state index in [0.29, 0.717) is 13.0 Å². The van der Waals surface area contributed by atoms with Crippen molar-refractivity contribution in [3.05, 3.63) is 38.1 Å². The summed E-state index contributed by atoms with van der Waals surface area (Å²) in [5.41, 5.74) is 7.77. The van der Waals surface area contributed by atoms with Crippen LogP contribution in [0.25, 0.3) is 10.2 Å². The molecular formula is C15H17ClN4OS2. The number of halogens is 1. The molecular weight excluding hydrogens is 352 g/mol.